The van der Waals surface area contributed by atoms with Gasteiger partial charge in [0.1, 0.15) is 0 Å². The molecule has 4 aromatic rings. The van der Waals surface area contributed by atoms with Crippen LogP contribution in [0.25, 0.3) is 10.1 Å². The summed E-state index contributed by atoms with van der Waals surface area (Å²) in [6.45, 7) is 0. The summed E-state index contributed by atoms with van der Waals surface area (Å²) in [6, 6.07) is 22.0. The third-order valence-electron chi connectivity index (χ3n) is 4.67. The number of hydrogen-bond acceptors (Lipinski definition) is 6. The number of fused-ring (bicyclic) bond motifs is 1. The Morgan fingerprint density at radius 3 is 2.10 bits per heavy atom. The normalized spacial score (nSPS) is 14.0. The highest BCUT2D eigenvalue weighted by molar-refractivity contribution is 7.89. The van der Waals surface area contributed by atoms with Crippen LogP contribution in [0.2, 0.25) is 0 Å². The molecule has 3 aromatic carbocycles. The Labute approximate surface area is 175 Å². The zero-order chi connectivity index (χ0) is 20.4. The van der Waals surface area contributed by atoms with Gasteiger partial charge in [-0.25, -0.2) is 13.1 Å². The number of hydrogen-bond donors (Lipinski definition) is 2. The molecule has 2 atom stereocenters. The van der Waals surface area contributed by atoms with Gasteiger partial charge < -0.3 is 5.73 Å². The number of sulfonamides is 1. The maximum Gasteiger partial charge on any atom is 0.250 e. The molecule has 0 saturated carbocycles. The first-order valence-corrected chi connectivity index (χ1v) is 12.5. The van der Waals surface area contributed by atoms with Gasteiger partial charge in [0.25, 0.3) is 4.74 Å². The number of nitrogens with one attached hydrogen (secondary N) is 1. The fourth-order valence-corrected chi connectivity index (χ4v) is 6.48. The predicted octanol–water partition coefficient (Wildman–Crippen LogP) is 4.04. The second-order valence-electron chi connectivity index (χ2n) is 6.56. The molecule has 0 bridgehead atoms. The van der Waals surface area contributed by atoms with Gasteiger partial charge in [-0.1, -0.05) is 71.0 Å². The fraction of sp³-hybridized carbons (Fsp3) is 0.0952. The predicted molar refractivity (Wildman–Crippen MR) is 119 cm³/mol. The van der Waals surface area contributed by atoms with Crippen LogP contribution >= 0.6 is 20.7 Å². The summed E-state index contributed by atoms with van der Waals surface area (Å²) in [5.41, 5.74) is 8.06. The molecule has 0 unspecified atom stereocenters. The van der Waals surface area contributed by atoms with Crippen LogP contribution in [0.3, 0.4) is 0 Å². The molecule has 1 heterocycles. The van der Waals surface area contributed by atoms with E-state index >= 15 is 0 Å². The molecule has 4 rings (SSSR count). The van der Waals surface area contributed by atoms with Crippen LogP contribution in [-0.2, 0) is 10.0 Å². The minimum Gasteiger partial charge on any atom is -0.322 e. The molecule has 1 aromatic heterocycles. The van der Waals surface area contributed by atoms with Crippen molar-refractivity contribution in [2.24, 2.45) is 5.73 Å². The van der Waals surface area contributed by atoms with Gasteiger partial charge in [-0.05, 0) is 39.7 Å². The van der Waals surface area contributed by atoms with Crippen molar-refractivity contribution < 1.29 is 8.42 Å². The highest BCUT2D eigenvalue weighted by Gasteiger charge is 2.27. The lowest BCUT2D eigenvalue weighted by Crippen LogP contribution is -2.36. The lowest BCUT2D eigenvalue weighted by molar-refractivity contribution is 0.504. The first-order valence-electron chi connectivity index (χ1n) is 8.86. The molecule has 0 amide bonds. The van der Waals surface area contributed by atoms with Crippen molar-refractivity contribution in [1.29, 1.82) is 0 Å². The molecule has 3 N–H and O–H groups in total. The van der Waals surface area contributed by atoms with Gasteiger partial charge in [0.2, 0.25) is 10.0 Å². The fourth-order valence-electron chi connectivity index (χ4n) is 3.15. The Balaban J connectivity index is 1.74. The molecule has 29 heavy (non-hydrogen) atoms. The Morgan fingerprint density at radius 1 is 0.828 bits per heavy atom. The van der Waals surface area contributed by atoms with Crippen molar-refractivity contribution >= 4 is 40.8 Å². The van der Waals surface area contributed by atoms with E-state index in [0.29, 0.717) is 5.39 Å². The quantitative estimate of drug-likeness (QED) is 0.441. The molecule has 148 valence electrons. The lowest BCUT2D eigenvalue weighted by Gasteiger charge is -2.26. The molecule has 0 aliphatic heterocycles. The van der Waals surface area contributed by atoms with Gasteiger partial charge in [0.05, 0.1) is 22.4 Å². The number of benzene rings is 3. The second kappa shape index (κ2) is 8.17. The zero-order valence-corrected chi connectivity index (χ0v) is 17.6. The van der Waals surface area contributed by atoms with Crippen LogP contribution in [0.15, 0.2) is 88.6 Å². The molecular formula is C21H18N2O3S3. The summed E-state index contributed by atoms with van der Waals surface area (Å²) < 4.78 is 29.7. The van der Waals surface area contributed by atoms with E-state index in [1.54, 1.807) is 6.07 Å². The average Bonchev–Trinajstić information content (AvgIpc) is 3.13. The molecule has 0 saturated heterocycles. The second-order valence-corrected chi connectivity index (χ2v) is 10.4. The van der Waals surface area contributed by atoms with Crippen molar-refractivity contribution in [3.63, 3.8) is 0 Å². The van der Waals surface area contributed by atoms with Crippen LogP contribution in [0.4, 0.5) is 0 Å². The maximum atomic E-state index is 13.2. The Bertz CT molecular complexity index is 1280. The minimum atomic E-state index is -3.91. The van der Waals surface area contributed by atoms with E-state index in [1.807, 2.05) is 60.7 Å². The van der Waals surface area contributed by atoms with Crippen LogP contribution in [0.1, 0.15) is 23.2 Å². The van der Waals surface area contributed by atoms with Gasteiger partial charge in [0, 0.05) is 4.70 Å². The molecule has 5 nitrogen and oxygen atoms in total. The van der Waals surface area contributed by atoms with E-state index in [1.165, 1.54) is 22.5 Å². The summed E-state index contributed by atoms with van der Waals surface area (Å²) in [6.07, 6.45) is 0. The van der Waals surface area contributed by atoms with E-state index in [9.17, 15) is 13.2 Å². The Kier molecular flexibility index (Phi) is 5.62. The SMILES string of the molecule is N[C@H](c1ccccc1)[C@H](NS(=O)(=O)c1ccc2ssc(=O)c2c1)c1ccccc1. The molecule has 0 aliphatic carbocycles. The summed E-state index contributed by atoms with van der Waals surface area (Å²) in [5, 5.41) is 0.423. The van der Waals surface area contributed by atoms with E-state index in [2.05, 4.69) is 4.72 Å². The zero-order valence-electron chi connectivity index (χ0n) is 15.2. The number of rotatable bonds is 6. The third-order valence-corrected chi connectivity index (χ3v) is 8.34. The largest absolute Gasteiger partial charge is 0.322 e. The highest BCUT2D eigenvalue weighted by atomic mass is 32.9. The third kappa shape index (κ3) is 4.17. The summed E-state index contributed by atoms with van der Waals surface area (Å²) in [5.74, 6) is 0. The van der Waals surface area contributed by atoms with Gasteiger partial charge in [-0.15, -0.1) is 0 Å². The van der Waals surface area contributed by atoms with Crippen LogP contribution < -0.4 is 15.2 Å². The minimum absolute atomic E-state index is 0.0499. The molecule has 0 fully saturated rings. The van der Waals surface area contributed by atoms with Gasteiger partial charge in [-0.3, -0.25) is 4.79 Å². The topological polar surface area (TPSA) is 89.3 Å². The van der Waals surface area contributed by atoms with Gasteiger partial charge in [-0.2, -0.15) is 0 Å². The van der Waals surface area contributed by atoms with Crippen molar-refractivity contribution in [3.8, 4) is 0 Å². The van der Waals surface area contributed by atoms with Crippen molar-refractivity contribution in [3.05, 3.63) is 99.5 Å². The Morgan fingerprint density at radius 2 is 1.45 bits per heavy atom. The smallest absolute Gasteiger partial charge is 0.250 e. The summed E-state index contributed by atoms with van der Waals surface area (Å²) in [4.78, 5) is 12.0. The van der Waals surface area contributed by atoms with Crippen LogP contribution in [-0.4, -0.2) is 8.42 Å². The Hall–Kier alpha value is -2.36. The first kappa shape index (κ1) is 19.9. The molecule has 0 aliphatic rings. The van der Waals surface area contributed by atoms with Crippen molar-refractivity contribution in [1.82, 2.24) is 4.72 Å². The van der Waals surface area contributed by atoms with Crippen LogP contribution in [0.5, 0.6) is 0 Å². The van der Waals surface area contributed by atoms with Crippen LogP contribution in [0, 0.1) is 0 Å². The molecule has 0 spiro atoms. The summed E-state index contributed by atoms with van der Waals surface area (Å²) >= 11 is 0. The van der Waals surface area contributed by atoms with Gasteiger partial charge >= 0.3 is 0 Å². The number of nitrogens with two attached hydrogens (primary N) is 1. The first-order chi connectivity index (χ1) is 14.0. The van der Waals surface area contributed by atoms with E-state index in [-0.39, 0.29) is 9.64 Å². The van der Waals surface area contributed by atoms with E-state index in [0.717, 1.165) is 26.2 Å². The van der Waals surface area contributed by atoms with Crippen molar-refractivity contribution in [2.75, 3.05) is 0 Å². The maximum absolute atomic E-state index is 13.2. The molecule has 8 heteroatoms. The molecule has 0 radical (unpaired) electrons. The monoisotopic (exact) mass is 442 g/mol. The lowest BCUT2D eigenvalue weighted by atomic mass is 9.95. The highest BCUT2D eigenvalue weighted by Crippen LogP contribution is 2.30. The summed E-state index contributed by atoms with van der Waals surface area (Å²) in [7, 11) is -1.47. The van der Waals surface area contributed by atoms with Crippen molar-refractivity contribution in [2.45, 2.75) is 17.0 Å². The van der Waals surface area contributed by atoms with E-state index < -0.39 is 22.1 Å². The standard InChI is InChI=1S/C21H18N2O3S3/c22-19(14-7-3-1-4-8-14)20(15-9-5-2-6-10-15)23-29(25,26)16-11-12-18-17(13-16)21(24)28-27-18/h1-13,19-20,23H,22H2/t19-,20-/m1/s1. The van der Waals surface area contributed by atoms with E-state index in [4.69, 9.17) is 5.73 Å². The average molecular weight is 443 g/mol. The molecular weight excluding hydrogens is 424 g/mol. The van der Waals surface area contributed by atoms with Gasteiger partial charge in [0.15, 0.2) is 0 Å².